The van der Waals surface area contributed by atoms with Crippen molar-refractivity contribution in [3.8, 4) is 0 Å². The third-order valence-electron chi connectivity index (χ3n) is 5.90. The third-order valence-corrected chi connectivity index (χ3v) is 5.90. The first-order valence-electron chi connectivity index (χ1n) is 7.63. The predicted octanol–water partition coefficient (Wildman–Crippen LogP) is 2.85. The zero-order chi connectivity index (χ0) is 11.8. The van der Waals surface area contributed by atoms with Crippen LogP contribution in [-0.2, 0) is 0 Å². The quantitative estimate of drug-likeness (QED) is 0.687. The van der Waals surface area contributed by atoms with Crippen LogP contribution in [-0.4, -0.2) is 17.2 Å². The lowest BCUT2D eigenvalue weighted by Crippen LogP contribution is -2.45. The van der Waals surface area contributed by atoms with E-state index in [0.717, 1.165) is 24.2 Å². The minimum Gasteiger partial charge on any atom is -0.427 e. The standard InChI is InChI=1S/C14H25BO2/c16-15(17)14-9-10-5-1-2-6-11(10)12-7-3-4-8-13(12)14/h10-14,16-17H,1-9H2. The van der Waals surface area contributed by atoms with Crippen LogP contribution in [0, 0.1) is 23.7 Å². The fraction of sp³-hybridized carbons (Fsp3) is 1.00. The van der Waals surface area contributed by atoms with E-state index in [1.165, 1.54) is 51.4 Å². The Bertz CT molecular complexity index is 269. The van der Waals surface area contributed by atoms with E-state index >= 15 is 0 Å². The molecule has 0 aromatic rings. The molecule has 96 valence electrons. The van der Waals surface area contributed by atoms with Crippen molar-refractivity contribution in [1.82, 2.24) is 0 Å². The Kier molecular flexibility index (Phi) is 3.49. The summed E-state index contributed by atoms with van der Waals surface area (Å²) < 4.78 is 0. The maximum Gasteiger partial charge on any atom is 0.455 e. The first kappa shape index (κ1) is 12.0. The smallest absolute Gasteiger partial charge is 0.427 e. The van der Waals surface area contributed by atoms with Gasteiger partial charge in [0, 0.05) is 0 Å². The number of hydrogen-bond donors (Lipinski definition) is 2. The molecule has 0 spiro atoms. The molecule has 2 nitrogen and oxygen atoms in total. The van der Waals surface area contributed by atoms with E-state index in [2.05, 4.69) is 0 Å². The molecule has 0 heterocycles. The highest BCUT2D eigenvalue weighted by atomic mass is 16.4. The van der Waals surface area contributed by atoms with Crippen molar-refractivity contribution >= 4 is 7.12 Å². The molecule has 3 heteroatoms. The first-order chi connectivity index (χ1) is 8.27. The molecule has 0 saturated heterocycles. The maximum absolute atomic E-state index is 9.66. The second-order valence-electron chi connectivity index (χ2n) is 6.63. The number of hydrogen-bond acceptors (Lipinski definition) is 2. The van der Waals surface area contributed by atoms with Gasteiger partial charge in [-0.15, -0.1) is 0 Å². The molecule has 3 fully saturated rings. The van der Waals surface area contributed by atoms with Gasteiger partial charge in [0.25, 0.3) is 0 Å². The average molecular weight is 236 g/mol. The van der Waals surface area contributed by atoms with Gasteiger partial charge in [0.05, 0.1) is 0 Å². The van der Waals surface area contributed by atoms with Gasteiger partial charge in [0.15, 0.2) is 0 Å². The van der Waals surface area contributed by atoms with Crippen LogP contribution in [0.4, 0.5) is 0 Å². The summed E-state index contributed by atoms with van der Waals surface area (Å²) in [5, 5.41) is 19.3. The first-order valence-corrected chi connectivity index (χ1v) is 7.63. The van der Waals surface area contributed by atoms with Crippen molar-refractivity contribution in [2.45, 2.75) is 63.6 Å². The summed E-state index contributed by atoms with van der Waals surface area (Å²) in [6.07, 6.45) is 11.9. The molecule has 0 amide bonds. The van der Waals surface area contributed by atoms with Gasteiger partial charge in [-0.05, 0) is 48.8 Å². The fourth-order valence-corrected chi connectivity index (χ4v) is 5.21. The summed E-state index contributed by atoms with van der Waals surface area (Å²) >= 11 is 0. The van der Waals surface area contributed by atoms with Crippen molar-refractivity contribution in [1.29, 1.82) is 0 Å². The molecule has 5 atom stereocenters. The molecule has 3 aliphatic carbocycles. The predicted molar refractivity (Wildman–Crippen MR) is 69.5 cm³/mol. The van der Waals surface area contributed by atoms with Gasteiger partial charge in [-0.2, -0.15) is 0 Å². The Morgan fingerprint density at radius 2 is 1.29 bits per heavy atom. The molecule has 0 aliphatic heterocycles. The molecule has 3 aliphatic rings. The van der Waals surface area contributed by atoms with Crippen molar-refractivity contribution < 1.29 is 10.0 Å². The van der Waals surface area contributed by atoms with Crippen LogP contribution in [0.1, 0.15) is 57.8 Å². The topological polar surface area (TPSA) is 40.5 Å². The lowest BCUT2D eigenvalue weighted by Gasteiger charge is -2.51. The summed E-state index contributed by atoms with van der Waals surface area (Å²) in [6.45, 7) is 0. The summed E-state index contributed by atoms with van der Waals surface area (Å²) in [5.74, 6) is 3.33. The summed E-state index contributed by atoms with van der Waals surface area (Å²) in [7, 11) is -1.07. The summed E-state index contributed by atoms with van der Waals surface area (Å²) in [6, 6.07) is 0. The Morgan fingerprint density at radius 1 is 0.706 bits per heavy atom. The Balaban J connectivity index is 1.81. The molecular weight excluding hydrogens is 211 g/mol. The highest BCUT2D eigenvalue weighted by molar-refractivity contribution is 6.43. The van der Waals surface area contributed by atoms with Gasteiger partial charge < -0.3 is 10.0 Å². The zero-order valence-corrected chi connectivity index (χ0v) is 10.7. The lowest BCUT2D eigenvalue weighted by atomic mass is 9.47. The number of rotatable bonds is 1. The molecule has 2 N–H and O–H groups in total. The van der Waals surface area contributed by atoms with E-state index in [4.69, 9.17) is 0 Å². The van der Waals surface area contributed by atoms with E-state index in [9.17, 15) is 10.0 Å². The van der Waals surface area contributed by atoms with Gasteiger partial charge in [-0.1, -0.05) is 38.5 Å². The van der Waals surface area contributed by atoms with Crippen LogP contribution in [0.2, 0.25) is 5.82 Å². The highest BCUT2D eigenvalue weighted by Crippen LogP contribution is 2.55. The largest absolute Gasteiger partial charge is 0.455 e. The molecular formula is C14H25BO2. The van der Waals surface area contributed by atoms with Gasteiger partial charge in [-0.3, -0.25) is 0 Å². The molecule has 3 saturated carbocycles. The van der Waals surface area contributed by atoms with Crippen molar-refractivity contribution in [2.24, 2.45) is 23.7 Å². The normalized spacial score (nSPS) is 45.9. The Labute approximate surface area is 105 Å². The van der Waals surface area contributed by atoms with E-state index in [1.54, 1.807) is 0 Å². The summed E-state index contributed by atoms with van der Waals surface area (Å²) in [4.78, 5) is 0. The Hall–Kier alpha value is -0.0151. The van der Waals surface area contributed by atoms with E-state index < -0.39 is 7.12 Å². The fourth-order valence-electron chi connectivity index (χ4n) is 5.21. The van der Waals surface area contributed by atoms with Crippen LogP contribution in [0.5, 0.6) is 0 Å². The highest BCUT2D eigenvalue weighted by Gasteiger charge is 2.48. The van der Waals surface area contributed by atoms with Crippen molar-refractivity contribution in [3.05, 3.63) is 0 Å². The maximum atomic E-state index is 9.66. The SMILES string of the molecule is OB(O)C1CC2CCCCC2C2CCCCC12. The average Bonchev–Trinajstić information content (AvgIpc) is 2.37. The van der Waals surface area contributed by atoms with E-state index in [0.29, 0.717) is 5.92 Å². The molecule has 0 aromatic heterocycles. The van der Waals surface area contributed by atoms with Crippen LogP contribution >= 0.6 is 0 Å². The van der Waals surface area contributed by atoms with Crippen molar-refractivity contribution in [3.63, 3.8) is 0 Å². The van der Waals surface area contributed by atoms with Crippen LogP contribution in [0.25, 0.3) is 0 Å². The molecule has 17 heavy (non-hydrogen) atoms. The van der Waals surface area contributed by atoms with Gasteiger partial charge in [0.1, 0.15) is 0 Å². The second-order valence-corrected chi connectivity index (χ2v) is 6.63. The molecule has 0 aromatic carbocycles. The lowest BCUT2D eigenvalue weighted by molar-refractivity contribution is 0.0204. The van der Waals surface area contributed by atoms with Gasteiger partial charge >= 0.3 is 7.12 Å². The van der Waals surface area contributed by atoms with Gasteiger partial charge in [-0.25, -0.2) is 0 Å². The van der Waals surface area contributed by atoms with E-state index in [1.807, 2.05) is 0 Å². The van der Waals surface area contributed by atoms with Crippen LogP contribution < -0.4 is 0 Å². The second kappa shape index (κ2) is 4.93. The van der Waals surface area contributed by atoms with Crippen molar-refractivity contribution in [2.75, 3.05) is 0 Å². The molecule has 0 radical (unpaired) electrons. The number of fused-ring (bicyclic) bond motifs is 3. The van der Waals surface area contributed by atoms with E-state index in [-0.39, 0.29) is 5.82 Å². The monoisotopic (exact) mass is 236 g/mol. The molecule has 3 rings (SSSR count). The molecule has 5 unspecified atom stereocenters. The van der Waals surface area contributed by atoms with Crippen LogP contribution in [0.15, 0.2) is 0 Å². The Morgan fingerprint density at radius 3 is 2.00 bits per heavy atom. The minimum atomic E-state index is -1.07. The minimum absolute atomic E-state index is 0.180. The van der Waals surface area contributed by atoms with Crippen LogP contribution in [0.3, 0.4) is 0 Å². The molecule has 0 bridgehead atoms. The summed E-state index contributed by atoms with van der Waals surface area (Å²) in [5.41, 5.74) is 0. The van der Waals surface area contributed by atoms with Gasteiger partial charge in [0.2, 0.25) is 0 Å². The zero-order valence-electron chi connectivity index (χ0n) is 10.7. The third kappa shape index (κ3) is 2.17.